The Morgan fingerprint density at radius 1 is 1.08 bits per heavy atom. The number of aliphatic hydroxyl groups is 1. The van der Waals surface area contributed by atoms with Gasteiger partial charge in [-0.15, -0.1) is 5.10 Å². The van der Waals surface area contributed by atoms with Gasteiger partial charge in [0.05, 0.1) is 17.9 Å². The molecule has 9 nitrogen and oxygen atoms in total. The zero-order chi connectivity index (χ0) is 25.4. The van der Waals surface area contributed by atoms with Crippen molar-refractivity contribution in [3.63, 3.8) is 0 Å². The van der Waals surface area contributed by atoms with E-state index in [1.807, 2.05) is 40.9 Å². The molecule has 2 fully saturated rings. The highest BCUT2D eigenvalue weighted by molar-refractivity contribution is 5.77. The van der Waals surface area contributed by atoms with Crippen molar-refractivity contribution >= 4 is 23.2 Å². The molecule has 2 aliphatic heterocycles. The van der Waals surface area contributed by atoms with Crippen molar-refractivity contribution in [3.05, 3.63) is 72.2 Å². The topological polar surface area (TPSA) is 98.9 Å². The summed E-state index contributed by atoms with van der Waals surface area (Å²) in [7, 11) is 0. The molecule has 2 saturated heterocycles. The lowest BCUT2D eigenvalue weighted by Crippen LogP contribution is -2.38. The van der Waals surface area contributed by atoms with Gasteiger partial charge in [-0.2, -0.15) is 0 Å². The summed E-state index contributed by atoms with van der Waals surface area (Å²) in [4.78, 5) is 25.3. The van der Waals surface area contributed by atoms with E-state index in [-0.39, 0.29) is 23.8 Å². The van der Waals surface area contributed by atoms with Gasteiger partial charge in [-0.1, -0.05) is 18.2 Å². The number of imidazole rings is 1. The average molecular weight is 502 g/mol. The van der Waals surface area contributed by atoms with Gasteiger partial charge in [-0.3, -0.25) is 4.79 Å². The second kappa shape index (κ2) is 9.78. The average Bonchev–Trinajstić information content (AvgIpc) is 3.68. The Morgan fingerprint density at radius 3 is 2.84 bits per heavy atom. The van der Waals surface area contributed by atoms with E-state index in [0.29, 0.717) is 6.54 Å². The minimum atomic E-state index is -0.506. The summed E-state index contributed by atoms with van der Waals surface area (Å²) in [6.07, 6.45) is 4.52. The predicted molar refractivity (Wildman–Crippen MR) is 138 cm³/mol. The third kappa shape index (κ3) is 4.60. The monoisotopic (exact) mass is 501 g/mol. The first-order valence-electron chi connectivity index (χ1n) is 12.6. The molecule has 3 aromatic heterocycles. The number of halogens is 1. The van der Waals surface area contributed by atoms with Crippen LogP contribution in [-0.2, 0) is 4.79 Å². The molecule has 1 amide bonds. The van der Waals surface area contributed by atoms with Crippen LogP contribution in [0, 0.1) is 5.82 Å². The summed E-state index contributed by atoms with van der Waals surface area (Å²) < 4.78 is 15.7. The number of amides is 1. The summed E-state index contributed by atoms with van der Waals surface area (Å²) in [6.45, 7) is 1.74. The van der Waals surface area contributed by atoms with E-state index >= 15 is 0 Å². The third-order valence-corrected chi connectivity index (χ3v) is 7.15. The molecule has 2 aliphatic rings. The van der Waals surface area contributed by atoms with Crippen molar-refractivity contribution in [1.82, 2.24) is 24.9 Å². The van der Waals surface area contributed by atoms with Crippen LogP contribution in [0.5, 0.6) is 0 Å². The first-order valence-corrected chi connectivity index (χ1v) is 12.6. The Kier molecular flexibility index (Phi) is 6.17. The predicted octanol–water partition coefficient (Wildman–Crippen LogP) is 2.96. The first kappa shape index (κ1) is 23.4. The number of benzene rings is 1. The molecule has 2 N–H and O–H groups in total. The van der Waals surface area contributed by atoms with Crippen LogP contribution in [0.25, 0.3) is 17.0 Å². The van der Waals surface area contributed by atoms with Crippen molar-refractivity contribution in [2.24, 2.45) is 0 Å². The third-order valence-electron chi connectivity index (χ3n) is 7.15. The van der Waals surface area contributed by atoms with Crippen molar-refractivity contribution < 1.29 is 14.3 Å². The van der Waals surface area contributed by atoms with Crippen LogP contribution < -0.4 is 15.1 Å². The van der Waals surface area contributed by atoms with Gasteiger partial charge in [-0.05, 0) is 61.2 Å². The van der Waals surface area contributed by atoms with E-state index in [2.05, 4.69) is 20.1 Å². The van der Waals surface area contributed by atoms with Gasteiger partial charge in [0.25, 0.3) is 0 Å². The number of aliphatic hydroxyl groups excluding tert-OH is 1. The van der Waals surface area contributed by atoms with E-state index in [4.69, 9.17) is 15.2 Å². The van der Waals surface area contributed by atoms with Crippen LogP contribution in [0.3, 0.4) is 0 Å². The second-order valence-corrected chi connectivity index (χ2v) is 9.55. The molecular formula is C27H28FN7O2. The molecule has 10 heteroatoms. The lowest BCUT2D eigenvalue weighted by Gasteiger charge is -2.26. The van der Waals surface area contributed by atoms with E-state index in [1.54, 1.807) is 18.3 Å². The number of fused-ring (bicyclic) bond motifs is 1. The molecule has 2 atom stereocenters. The highest BCUT2D eigenvalue weighted by Gasteiger charge is 2.28. The van der Waals surface area contributed by atoms with Crippen LogP contribution in [0.1, 0.15) is 30.9 Å². The van der Waals surface area contributed by atoms with Crippen LogP contribution in [0.15, 0.2) is 60.8 Å². The van der Waals surface area contributed by atoms with Gasteiger partial charge in [0.15, 0.2) is 5.65 Å². The quantitative estimate of drug-likeness (QED) is 0.419. The molecule has 5 heterocycles. The number of rotatable bonds is 6. The van der Waals surface area contributed by atoms with Gasteiger partial charge in [-0.25, -0.2) is 18.9 Å². The Balaban J connectivity index is 1.28. The molecular weight excluding hydrogens is 473 g/mol. The molecule has 37 heavy (non-hydrogen) atoms. The fraction of sp³-hybridized carbons (Fsp3) is 0.333. The maximum atomic E-state index is 13.9. The number of carbonyl (C=O) groups is 1. The van der Waals surface area contributed by atoms with Crippen LogP contribution in [-0.4, -0.2) is 62.9 Å². The van der Waals surface area contributed by atoms with E-state index in [0.717, 1.165) is 66.6 Å². The minimum absolute atomic E-state index is 0.0170. The Labute approximate surface area is 213 Å². The summed E-state index contributed by atoms with van der Waals surface area (Å²) in [5, 5.41) is 16.8. The molecule has 0 spiro atoms. The largest absolute Gasteiger partial charge is 0.387 e. The first-order chi connectivity index (χ1) is 18.1. The van der Waals surface area contributed by atoms with Gasteiger partial charge in [0, 0.05) is 25.7 Å². The Bertz CT molecular complexity index is 1440. The normalized spacial score (nSPS) is 19.6. The number of anilines is 2. The summed E-state index contributed by atoms with van der Waals surface area (Å²) in [6, 6.07) is 16.6. The van der Waals surface area contributed by atoms with Gasteiger partial charge < -0.3 is 20.2 Å². The number of carbonyl (C=O) groups excluding carboxylic acids is 1. The number of pyridine rings is 1. The van der Waals surface area contributed by atoms with Crippen molar-refractivity contribution in [2.45, 2.75) is 31.3 Å². The van der Waals surface area contributed by atoms with Crippen molar-refractivity contribution in [2.75, 3.05) is 36.0 Å². The molecule has 0 bridgehead atoms. The highest BCUT2D eigenvalue weighted by atomic mass is 19.1. The van der Waals surface area contributed by atoms with Crippen molar-refractivity contribution in [1.29, 1.82) is 0 Å². The number of aromatic nitrogens is 4. The second-order valence-electron chi connectivity index (χ2n) is 9.55. The minimum Gasteiger partial charge on any atom is -0.387 e. The van der Waals surface area contributed by atoms with Crippen molar-refractivity contribution in [3.8, 4) is 11.4 Å². The van der Waals surface area contributed by atoms with Gasteiger partial charge >= 0.3 is 0 Å². The Morgan fingerprint density at radius 2 is 1.97 bits per heavy atom. The van der Waals surface area contributed by atoms with Crippen LogP contribution >= 0.6 is 0 Å². The summed E-state index contributed by atoms with van der Waals surface area (Å²) in [5.74, 6) is 1.04. The maximum Gasteiger partial charge on any atom is 0.245 e. The van der Waals surface area contributed by atoms with Crippen LogP contribution in [0.4, 0.5) is 16.0 Å². The number of nitrogens with zero attached hydrogens (tertiary/aromatic N) is 6. The number of hydrogen-bond acceptors (Lipinski definition) is 7. The van der Waals surface area contributed by atoms with Gasteiger partial charge in [0.1, 0.15) is 29.8 Å². The van der Waals surface area contributed by atoms with E-state index < -0.39 is 6.61 Å². The SMILES string of the molecule is O=C(CO)NC1CCN(c2cccc(-c3cnc4ccc(N5CCCC5c5cccc(F)c5)nn34)n2)C1. The molecule has 0 radical (unpaired) electrons. The number of hydrogen-bond donors (Lipinski definition) is 2. The molecule has 6 rings (SSSR count). The maximum absolute atomic E-state index is 13.9. The zero-order valence-electron chi connectivity index (χ0n) is 20.3. The van der Waals surface area contributed by atoms with Gasteiger partial charge in [0.2, 0.25) is 5.91 Å². The van der Waals surface area contributed by atoms with E-state index in [1.165, 1.54) is 6.07 Å². The number of nitrogens with one attached hydrogen (secondary N) is 1. The molecule has 4 aromatic rings. The molecule has 0 saturated carbocycles. The fourth-order valence-electron chi connectivity index (χ4n) is 5.39. The molecule has 2 unspecified atom stereocenters. The summed E-state index contributed by atoms with van der Waals surface area (Å²) in [5.41, 5.74) is 3.21. The molecule has 1 aromatic carbocycles. The standard InChI is InChI=1S/C27H28FN7O2/c28-19-5-1-4-18(14-19)22-7-3-12-34(22)26-10-9-24-29-15-23(35(24)32-26)21-6-2-8-25(31-21)33-13-11-20(16-33)30-27(37)17-36/h1-2,4-6,8-10,14-15,20,22,36H,3,7,11-13,16-17H2,(H,30,37). The summed E-state index contributed by atoms with van der Waals surface area (Å²) >= 11 is 0. The smallest absolute Gasteiger partial charge is 0.245 e. The lowest BCUT2D eigenvalue weighted by molar-refractivity contribution is -0.124. The molecule has 0 aliphatic carbocycles. The Hall–Kier alpha value is -4.05. The van der Waals surface area contributed by atoms with Crippen LogP contribution in [0.2, 0.25) is 0 Å². The lowest BCUT2D eigenvalue weighted by atomic mass is 10.0. The highest BCUT2D eigenvalue weighted by Crippen LogP contribution is 2.35. The molecule has 190 valence electrons. The fourth-order valence-corrected chi connectivity index (χ4v) is 5.39. The van der Waals surface area contributed by atoms with E-state index in [9.17, 15) is 9.18 Å². The zero-order valence-corrected chi connectivity index (χ0v) is 20.3.